The zero-order valence-corrected chi connectivity index (χ0v) is 25.7. The Morgan fingerprint density at radius 1 is 0.850 bits per heavy atom. The van der Waals surface area contributed by atoms with Gasteiger partial charge >= 0.3 is 0 Å². The van der Waals surface area contributed by atoms with Crippen LogP contribution in [0.3, 0.4) is 0 Å². The molecule has 1 aromatic heterocycles. The Hall–Kier alpha value is -2.99. The fourth-order valence-corrected chi connectivity index (χ4v) is 10.8. The summed E-state index contributed by atoms with van der Waals surface area (Å²) in [4.78, 5) is 4.77. The molecule has 1 aliphatic carbocycles. The van der Waals surface area contributed by atoms with Crippen LogP contribution in [0.1, 0.15) is 63.5 Å². The van der Waals surface area contributed by atoms with Gasteiger partial charge in [-0.05, 0) is 66.6 Å². The molecule has 0 amide bonds. The van der Waals surface area contributed by atoms with Gasteiger partial charge in [-0.2, -0.15) is 0 Å². The number of hydrogen-bond donors (Lipinski definition) is 0. The second-order valence-corrected chi connectivity index (χ2v) is 16.6. The predicted octanol–water partition coefficient (Wildman–Crippen LogP) is 7.61. The van der Waals surface area contributed by atoms with Crippen molar-refractivity contribution in [3.05, 3.63) is 102 Å². The van der Waals surface area contributed by atoms with Crippen molar-refractivity contribution in [1.29, 1.82) is 0 Å². The van der Waals surface area contributed by atoms with Crippen molar-refractivity contribution in [1.82, 2.24) is 4.98 Å². The Balaban J connectivity index is 1.27. The Labute approximate surface area is 240 Å². The average Bonchev–Trinajstić information content (AvgIpc) is 3.33. The van der Waals surface area contributed by atoms with Gasteiger partial charge in [0, 0.05) is 12.2 Å². The molecule has 0 N–H and O–H groups in total. The van der Waals surface area contributed by atoms with Gasteiger partial charge in [-0.25, -0.2) is 4.98 Å². The molecule has 4 aromatic rings. The quantitative estimate of drug-likeness (QED) is 0.200. The van der Waals surface area contributed by atoms with E-state index >= 15 is 0 Å². The molecule has 1 heterocycles. The van der Waals surface area contributed by atoms with E-state index in [1.165, 1.54) is 22.4 Å². The second-order valence-electron chi connectivity index (χ2n) is 12.3. The maximum absolute atomic E-state index is 7.25. The molecule has 1 saturated carbocycles. The highest BCUT2D eigenvalue weighted by Crippen LogP contribution is 2.38. The number of aromatic nitrogens is 1. The minimum atomic E-state index is -2.53. The van der Waals surface area contributed by atoms with Gasteiger partial charge in [0.25, 0.3) is 8.32 Å². The van der Waals surface area contributed by atoms with Crippen molar-refractivity contribution in [3.63, 3.8) is 0 Å². The van der Waals surface area contributed by atoms with Crippen LogP contribution >= 0.6 is 0 Å². The van der Waals surface area contributed by atoms with E-state index in [-0.39, 0.29) is 11.1 Å². The minimum Gasteiger partial charge on any atom is -0.441 e. The second kappa shape index (κ2) is 12.3. The number of nitrogens with zero attached hydrogens (tertiary/aromatic N) is 1. The van der Waals surface area contributed by atoms with Crippen LogP contribution in [0.25, 0.3) is 11.5 Å². The molecule has 3 aromatic carbocycles. The summed E-state index contributed by atoms with van der Waals surface area (Å²) in [6, 6.07) is 30.1. The highest BCUT2D eigenvalue weighted by molar-refractivity contribution is 6.99. The Bertz CT molecular complexity index is 1320. The van der Waals surface area contributed by atoms with E-state index < -0.39 is 8.32 Å². The maximum Gasteiger partial charge on any atom is 0.261 e. The molecule has 0 spiro atoms. The van der Waals surface area contributed by atoms with Gasteiger partial charge in [-0.1, -0.05) is 106 Å². The summed E-state index contributed by atoms with van der Waals surface area (Å²) in [6.45, 7) is 12.3. The molecule has 5 rings (SSSR count). The van der Waals surface area contributed by atoms with Crippen molar-refractivity contribution >= 4 is 18.7 Å². The van der Waals surface area contributed by atoms with Crippen molar-refractivity contribution in [2.24, 2.45) is 5.92 Å². The van der Waals surface area contributed by atoms with E-state index in [0.717, 1.165) is 42.9 Å². The van der Waals surface area contributed by atoms with Crippen LogP contribution in [0.5, 0.6) is 0 Å². The van der Waals surface area contributed by atoms with E-state index in [1.807, 2.05) is 6.92 Å². The summed E-state index contributed by atoms with van der Waals surface area (Å²) < 4.78 is 19.7. The Kier molecular flexibility index (Phi) is 8.74. The third kappa shape index (κ3) is 6.17. The van der Waals surface area contributed by atoms with Crippen LogP contribution in [0, 0.1) is 19.8 Å². The number of ether oxygens (including phenoxy) is 1. The fourth-order valence-electron chi connectivity index (χ4n) is 6.13. The van der Waals surface area contributed by atoms with Crippen LogP contribution in [-0.2, 0) is 15.8 Å². The molecule has 40 heavy (non-hydrogen) atoms. The van der Waals surface area contributed by atoms with Crippen LogP contribution in [-0.4, -0.2) is 26.0 Å². The van der Waals surface area contributed by atoms with Crippen molar-refractivity contribution in [2.75, 3.05) is 6.61 Å². The predicted molar refractivity (Wildman–Crippen MR) is 166 cm³/mol. The first-order valence-corrected chi connectivity index (χ1v) is 16.6. The minimum absolute atomic E-state index is 0.0140. The third-order valence-electron chi connectivity index (χ3n) is 8.33. The van der Waals surface area contributed by atoms with E-state index in [9.17, 15) is 0 Å². The van der Waals surface area contributed by atoms with Crippen molar-refractivity contribution in [2.45, 2.75) is 78.1 Å². The highest BCUT2D eigenvalue weighted by atomic mass is 28.4. The van der Waals surface area contributed by atoms with Gasteiger partial charge in [-0.15, -0.1) is 0 Å². The third-order valence-corrected chi connectivity index (χ3v) is 13.3. The molecule has 2 atom stereocenters. The van der Waals surface area contributed by atoms with Crippen LogP contribution in [0.15, 0.2) is 89.3 Å². The lowest BCUT2D eigenvalue weighted by atomic mass is 9.88. The normalized spacial score (nSPS) is 18.1. The van der Waals surface area contributed by atoms with Gasteiger partial charge in [0.1, 0.15) is 11.5 Å². The SMILES string of the molecule is Cc1ccc(-c2nc(CO[C@@H]3CCC[C@H](CO[Si](c4ccccc4)(c4ccccc4)C(C)(C)C)C3)c(C)o2)cc1. The first-order chi connectivity index (χ1) is 19.3. The molecule has 1 fully saturated rings. The zero-order valence-electron chi connectivity index (χ0n) is 24.7. The van der Waals surface area contributed by atoms with E-state index in [1.54, 1.807) is 0 Å². The number of rotatable bonds is 9. The van der Waals surface area contributed by atoms with Gasteiger partial charge in [0.05, 0.1) is 12.7 Å². The van der Waals surface area contributed by atoms with E-state index in [4.69, 9.17) is 18.6 Å². The number of aryl methyl sites for hydroxylation is 2. The zero-order chi connectivity index (χ0) is 28.2. The van der Waals surface area contributed by atoms with Crippen molar-refractivity contribution in [3.8, 4) is 11.5 Å². The summed E-state index contributed by atoms with van der Waals surface area (Å²) in [7, 11) is -2.53. The summed E-state index contributed by atoms with van der Waals surface area (Å²) >= 11 is 0. The van der Waals surface area contributed by atoms with Gasteiger partial charge < -0.3 is 13.6 Å². The number of hydrogen-bond acceptors (Lipinski definition) is 4. The molecule has 5 heteroatoms. The van der Waals surface area contributed by atoms with Crippen LogP contribution < -0.4 is 10.4 Å². The summed E-state index contributed by atoms with van der Waals surface area (Å²) in [5, 5.41) is 2.66. The lowest BCUT2D eigenvalue weighted by Crippen LogP contribution is -2.67. The molecule has 1 aliphatic rings. The van der Waals surface area contributed by atoms with Crippen LogP contribution in [0.2, 0.25) is 5.04 Å². The number of oxazole rings is 1. The topological polar surface area (TPSA) is 44.5 Å². The lowest BCUT2D eigenvalue weighted by Gasteiger charge is -2.44. The molecule has 0 bridgehead atoms. The standard InChI is InChI=1S/C35H43NO3Si/c1-26-19-21-29(22-20-26)34-36-33(27(2)39-34)25-37-30-14-12-13-28(23-30)24-38-40(35(3,4)5,31-15-8-6-9-16-31)32-17-10-7-11-18-32/h6-11,15-22,28,30H,12-14,23-25H2,1-5H3/t28-,30+/m0/s1. The largest absolute Gasteiger partial charge is 0.441 e. The molecule has 0 aliphatic heterocycles. The maximum atomic E-state index is 7.25. The summed E-state index contributed by atoms with van der Waals surface area (Å²) in [5.41, 5.74) is 3.11. The molecule has 4 nitrogen and oxygen atoms in total. The Morgan fingerprint density at radius 2 is 1.48 bits per heavy atom. The molecule has 0 unspecified atom stereocenters. The molecule has 0 saturated heterocycles. The van der Waals surface area contributed by atoms with Gasteiger partial charge in [0.15, 0.2) is 0 Å². The van der Waals surface area contributed by atoms with E-state index in [2.05, 4.69) is 113 Å². The first kappa shape index (κ1) is 28.5. The summed E-state index contributed by atoms with van der Waals surface area (Å²) in [6.07, 6.45) is 4.64. The summed E-state index contributed by atoms with van der Waals surface area (Å²) in [5.74, 6) is 1.97. The molecular formula is C35H43NO3Si. The first-order valence-electron chi connectivity index (χ1n) is 14.7. The van der Waals surface area contributed by atoms with E-state index in [0.29, 0.717) is 18.4 Å². The monoisotopic (exact) mass is 553 g/mol. The van der Waals surface area contributed by atoms with Crippen molar-refractivity contribution < 1.29 is 13.6 Å². The van der Waals surface area contributed by atoms with Gasteiger partial charge in [-0.3, -0.25) is 0 Å². The highest BCUT2D eigenvalue weighted by Gasteiger charge is 2.50. The fraction of sp³-hybridized carbons (Fsp3) is 0.400. The smallest absolute Gasteiger partial charge is 0.261 e. The van der Waals surface area contributed by atoms with Crippen LogP contribution in [0.4, 0.5) is 0 Å². The van der Waals surface area contributed by atoms with Gasteiger partial charge in [0.2, 0.25) is 5.89 Å². The molecule has 0 radical (unpaired) electrons. The molecule has 210 valence electrons. The number of benzene rings is 3. The lowest BCUT2D eigenvalue weighted by molar-refractivity contribution is -0.00655. The molecular weight excluding hydrogens is 510 g/mol. The Morgan fingerprint density at radius 3 is 2.08 bits per heavy atom. The average molecular weight is 554 g/mol.